The Bertz CT molecular complexity index is 134. The topological polar surface area (TPSA) is 66.5 Å². The fourth-order valence-corrected chi connectivity index (χ4v) is 1.59. The van der Waals surface area contributed by atoms with Crippen LogP contribution in [-0.4, -0.2) is 35.1 Å². The number of hydrogen-bond donors (Lipinski definition) is 3. The number of halogens is 1. The quantitative estimate of drug-likeness (QED) is 0.510. The molecule has 1 aliphatic rings. The van der Waals surface area contributed by atoms with Gasteiger partial charge in [0.1, 0.15) is 6.17 Å². The molecular formula is C7H14FNO2. The molecular weight excluding hydrogens is 149 g/mol. The van der Waals surface area contributed by atoms with Crippen molar-refractivity contribution in [1.29, 1.82) is 0 Å². The van der Waals surface area contributed by atoms with Gasteiger partial charge in [-0.05, 0) is 18.8 Å². The second kappa shape index (κ2) is 3.47. The summed E-state index contributed by atoms with van der Waals surface area (Å²) in [5.41, 5.74) is 5.37. The third-order valence-electron chi connectivity index (χ3n) is 2.29. The lowest BCUT2D eigenvalue weighted by molar-refractivity contribution is 0.0567. The standard InChI is InChI=1S/C7H14FNO2/c8-6-5(9)3-4(1-2-10)7(6)11/h4-7,10-11H,1-3,9H2/t4-,5+,6-,7+/m0/s1. The van der Waals surface area contributed by atoms with Crippen molar-refractivity contribution in [3.63, 3.8) is 0 Å². The first-order chi connectivity index (χ1) is 5.16. The van der Waals surface area contributed by atoms with E-state index >= 15 is 0 Å². The summed E-state index contributed by atoms with van der Waals surface area (Å²) in [5.74, 6) is -0.162. The second-order valence-corrected chi connectivity index (χ2v) is 3.11. The summed E-state index contributed by atoms with van der Waals surface area (Å²) in [6, 6.07) is -0.554. The lowest BCUT2D eigenvalue weighted by Gasteiger charge is -2.12. The molecule has 0 amide bonds. The molecule has 0 bridgehead atoms. The Morgan fingerprint density at radius 1 is 1.55 bits per heavy atom. The van der Waals surface area contributed by atoms with E-state index < -0.39 is 18.3 Å². The van der Waals surface area contributed by atoms with Gasteiger partial charge in [-0.3, -0.25) is 0 Å². The van der Waals surface area contributed by atoms with Gasteiger partial charge in [-0.25, -0.2) is 4.39 Å². The molecule has 0 aliphatic heterocycles. The van der Waals surface area contributed by atoms with Crippen molar-refractivity contribution in [3.8, 4) is 0 Å². The van der Waals surface area contributed by atoms with Crippen LogP contribution in [0.1, 0.15) is 12.8 Å². The molecule has 0 aromatic rings. The van der Waals surface area contributed by atoms with Gasteiger partial charge >= 0.3 is 0 Å². The molecule has 0 aromatic heterocycles. The van der Waals surface area contributed by atoms with Crippen LogP contribution >= 0.6 is 0 Å². The third-order valence-corrected chi connectivity index (χ3v) is 2.29. The molecule has 3 nitrogen and oxygen atoms in total. The van der Waals surface area contributed by atoms with Crippen LogP contribution in [0.15, 0.2) is 0 Å². The van der Waals surface area contributed by atoms with Gasteiger partial charge in [-0.15, -0.1) is 0 Å². The summed E-state index contributed by atoms with van der Waals surface area (Å²) in [7, 11) is 0. The van der Waals surface area contributed by atoms with E-state index in [1.807, 2.05) is 0 Å². The average molecular weight is 163 g/mol. The number of aliphatic hydroxyl groups is 2. The average Bonchev–Trinajstić information content (AvgIpc) is 2.19. The number of aliphatic hydroxyl groups excluding tert-OH is 2. The summed E-state index contributed by atoms with van der Waals surface area (Å²) >= 11 is 0. The van der Waals surface area contributed by atoms with E-state index in [0.29, 0.717) is 12.8 Å². The summed E-state index contributed by atoms with van der Waals surface area (Å²) < 4.78 is 12.8. The van der Waals surface area contributed by atoms with E-state index in [0.717, 1.165) is 0 Å². The van der Waals surface area contributed by atoms with E-state index in [-0.39, 0.29) is 12.5 Å². The molecule has 4 N–H and O–H groups in total. The summed E-state index contributed by atoms with van der Waals surface area (Å²) in [6.07, 6.45) is -1.37. The van der Waals surface area contributed by atoms with E-state index in [4.69, 9.17) is 10.8 Å². The van der Waals surface area contributed by atoms with Crippen LogP contribution in [0.25, 0.3) is 0 Å². The van der Waals surface area contributed by atoms with Crippen molar-refractivity contribution in [3.05, 3.63) is 0 Å². The number of hydrogen-bond acceptors (Lipinski definition) is 3. The van der Waals surface area contributed by atoms with Crippen LogP contribution in [0.4, 0.5) is 4.39 Å². The highest BCUT2D eigenvalue weighted by Crippen LogP contribution is 2.29. The molecule has 0 radical (unpaired) electrons. The van der Waals surface area contributed by atoms with E-state index in [9.17, 15) is 9.50 Å². The molecule has 1 saturated carbocycles. The Balaban J connectivity index is 2.45. The Morgan fingerprint density at radius 2 is 2.18 bits per heavy atom. The van der Waals surface area contributed by atoms with Crippen LogP contribution in [0.5, 0.6) is 0 Å². The highest BCUT2D eigenvalue weighted by Gasteiger charge is 2.40. The van der Waals surface area contributed by atoms with Crippen LogP contribution in [0.3, 0.4) is 0 Å². The van der Waals surface area contributed by atoms with E-state index in [1.54, 1.807) is 0 Å². The molecule has 0 spiro atoms. The first-order valence-corrected chi connectivity index (χ1v) is 3.85. The lowest BCUT2D eigenvalue weighted by Crippen LogP contribution is -2.32. The van der Waals surface area contributed by atoms with Crippen LogP contribution in [-0.2, 0) is 0 Å². The van der Waals surface area contributed by atoms with Gasteiger partial charge in [-0.1, -0.05) is 0 Å². The normalized spacial score (nSPS) is 44.7. The fourth-order valence-electron chi connectivity index (χ4n) is 1.59. The van der Waals surface area contributed by atoms with Crippen molar-refractivity contribution in [2.75, 3.05) is 6.61 Å². The van der Waals surface area contributed by atoms with E-state index in [2.05, 4.69) is 0 Å². The zero-order valence-electron chi connectivity index (χ0n) is 6.28. The maximum atomic E-state index is 12.8. The minimum absolute atomic E-state index is 0.0127. The predicted octanol–water partition coefficient (Wildman–Crippen LogP) is -0.585. The Morgan fingerprint density at radius 3 is 2.55 bits per heavy atom. The van der Waals surface area contributed by atoms with Crippen molar-refractivity contribution >= 4 is 0 Å². The van der Waals surface area contributed by atoms with Crippen LogP contribution in [0, 0.1) is 5.92 Å². The Labute approximate surface area is 65.0 Å². The van der Waals surface area contributed by atoms with Gasteiger partial charge < -0.3 is 15.9 Å². The maximum Gasteiger partial charge on any atom is 0.141 e. The van der Waals surface area contributed by atoms with Crippen molar-refractivity contribution in [2.24, 2.45) is 11.7 Å². The molecule has 11 heavy (non-hydrogen) atoms. The van der Waals surface area contributed by atoms with Crippen molar-refractivity contribution < 1.29 is 14.6 Å². The summed E-state index contributed by atoms with van der Waals surface area (Å²) in [5, 5.41) is 17.7. The first kappa shape index (κ1) is 8.90. The highest BCUT2D eigenvalue weighted by atomic mass is 19.1. The highest BCUT2D eigenvalue weighted by molar-refractivity contribution is 4.93. The Kier molecular flexibility index (Phi) is 2.81. The monoisotopic (exact) mass is 163 g/mol. The van der Waals surface area contributed by atoms with Crippen molar-refractivity contribution in [1.82, 2.24) is 0 Å². The zero-order valence-corrected chi connectivity index (χ0v) is 6.28. The molecule has 66 valence electrons. The van der Waals surface area contributed by atoms with E-state index in [1.165, 1.54) is 0 Å². The third kappa shape index (κ3) is 1.69. The molecule has 1 fully saturated rings. The molecule has 4 heteroatoms. The molecule has 1 rings (SSSR count). The minimum Gasteiger partial charge on any atom is -0.396 e. The minimum atomic E-state index is -1.31. The number of alkyl halides is 1. The largest absolute Gasteiger partial charge is 0.396 e. The Hall–Kier alpha value is -0.190. The molecule has 0 aromatic carbocycles. The van der Waals surface area contributed by atoms with Gasteiger partial charge in [0, 0.05) is 12.6 Å². The second-order valence-electron chi connectivity index (χ2n) is 3.11. The van der Waals surface area contributed by atoms with Gasteiger partial charge in [0.25, 0.3) is 0 Å². The van der Waals surface area contributed by atoms with Gasteiger partial charge in [0.05, 0.1) is 6.10 Å². The summed E-state index contributed by atoms with van der Waals surface area (Å²) in [4.78, 5) is 0. The molecule has 0 heterocycles. The van der Waals surface area contributed by atoms with Crippen LogP contribution < -0.4 is 5.73 Å². The van der Waals surface area contributed by atoms with Gasteiger partial charge in [0.2, 0.25) is 0 Å². The smallest absolute Gasteiger partial charge is 0.141 e. The van der Waals surface area contributed by atoms with Gasteiger partial charge in [0.15, 0.2) is 0 Å². The predicted molar refractivity (Wildman–Crippen MR) is 38.7 cm³/mol. The first-order valence-electron chi connectivity index (χ1n) is 3.85. The maximum absolute atomic E-state index is 12.8. The molecule has 4 atom stereocenters. The zero-order chi connectivity index (χ0) is 8.43. The fraction of sp³-hybridized carbons (Fsp3) is 1.00. The number of nitrogens with two attached hydrogens (primary N) is 1. The van der Waals surface area contributed by atoms with Gasteiger partial charge in [-0.2, -0.15) is 0 Å². The molecule has 1 aliphatic carbocycles. The SMILES string of the molecule is N[C@@H]1C[C@H](CCO)[C@@H](O)[C@H]1F. The van der Waals surface area contributed by atoms with Crippen molar-refractivity contribution in [2.45, 2.75) is 31.2 Å². The van der Waals surface area contributed by atoms with Crippen LogP contribution in [0.2, 0.25) is 0 Å². The molecule has 0 saturated heterocycles. The molecule has 0 unspecified atom stereocenters. The summed E-state index contributed by atoms with van der Waals surface area (Å²) in [6.45, 7) is -0.0127. The lowest BCUT2D eigenvalue weighted by atomic mass is 10.0. The number of rotatable bonds is 2.